The second-order valence-electron chi connectivity index (χ2n) is 7.17. The standard InChI is InChI=1S/C22H19FN4O/c1-13-19-20(26-25-13)22(28)27(21(19)14-6-8-16(23)9-7-14)11-10-15-12-24-18-5-3-2-4-17(15)18/h2-9,12,21,24H,10-11H2,1H3,(H,25,26). The highest BCUT2D eigenvalue weighted by molar-refractivity contribution is 5.98. The van der Waals surface area contributed by atoms with E-state index in [1.807, 2.05) is 36.2 Å². The van der Waals surface area contributed by atoms with Crippen molar-refractivity contribution in [2.75, 3.05) is 6.54 Å². The monoisotopic (exact) mass is 374 g/mol. The SMILES string of the molecule is Cc1[nH]nc2c1C(c1ccc(F)cc1)N(CCc1c[nH]c3ccccc13)C2=O. The van der Waals surface area contributed by atoms with Crippen LogP contribution in [0.2, 0.25) is 0 Å². The molecule has 0 radical (unpaired) electrons. The number of hydrogen-bond donors (Lipinski definition) is 2. The smallest absolute Gasteiger partial charge is 0.275 e. The third-order valence-electron chi connectivity index (χ3n) is 5.53. The van der Waals surface area contributed by atoms with Crippen molar-refractivity contribution >= 4 is 16.8 Å². The van der Waals surface area contributed by atoms with E-state index >= 15 is 0 Å². The molecule has 0 saturated heterocycles. The highest BCUT2D eigenvalue weighted by Crippen LogP contribution is 2.39. The van der Waals surface area contributed by atoms with Crippen molar-refractivity contribution in [3.05, 3.63) is 88.6 Å². The van der Waals surface area contributed by atoms with E-state index in [1.165, 1.54) is 23.1 Å². The quantitative estimate of drug-likeness (QED) is 0.564. The number of nitrogens with zero attached hydrogens (tertiary/aromatic N) is 2. The predicted octanol–water partition coefficient (Wildman–Crippen LogP) is 4.13. The molecular formula is C22H19FN4O. The Kier molecular flexibility index (Phi) is 3.79. The first-order chi connectivity index (χ1) is 13.6. The summed E-state index contributed by atoms with van der Waals surface area (Å²) in [6, 6.07) is 14.2. The van der Waals surface area contributed by atoms with Gasteiger partial charge in [0.1, 0.15) is 5.82 Å². The number of carbonyl (C=O) groups excluding carboxylic acids is 1. The van der Waals surface area contributed by atoms with Gasteiger partial charge in [-0.15, -0.1) is 0 Å². The highest BCUT2D eigenvalue weighted by Gasteiger charge is 2.41. The van der Waals surface area contributed by atoms with Crippen LogP contribution in [0.5, 0.6) is 0 Å². The number of halogens is 1. The minimum absolute atomic E-state index is 0.0893. The third-order valence-corrected chi connectivity index (χ3v) is 5.53. The van der Waals surface area contributed by atoms with E-state index in [1.54, 1.807) is 12.1 Å². The summed E-state index contributed by atoms with van der Waals surface area (Å²) in [5.74, 6) is -0.379. The van der Waals surface area contributed by atoms with Crippen LogP contribution in [-0.2, 0) is 6.42 Å². The maximum absolute atomic E-state index is 13.4. The molecule has 2 aromatic heterocycles. The number of benzene rings is 2. The molecule has 0 bridgehead atoms. The van der Waals surface area contributed by atoms with E-state index in [9.17, 15) is 9.18 Å². The zero-order valence-corrected chi connectivity index (χ0v) is 15.4. The lowest BCUT2D eigenvalue weighted by Gasteiger charge is -2.26. The van der Waals surface area contributed by atoms with Gasteiger partial charge >= 0.3 is 0 Å². The van der Waals surface area contributed by atoms with Crippen LogP contribution in [0.3, 0.4) is 0 Å². The van der Waals surface area contributed by atoms with Gasteiger partial charge in [-0.25, -0.2) is 4.39 Å². The highest BCUT2D eigenvalue weighted by atomic mass is 19.1. The maximum Gasteiger partial charge on any atom is 0.275 e. The summed E-state index contributed by atoms with van der Waals surface area (Å²) in [5, 5.41) is 8.31. The molecule has 1 aliphatic rings. The van der Waals surface area contributed by atoms with Gasteiger partial charge in [-0.3, -0.25) is 9.89 Å². The van der Waals surface area contributed by atoms with Gasteiger partial charge < -0.3 is 9.88 Å². The Labute approximate surface area is 161 Å². The molecule has 1 unspecified atom stereocenters. The summed E-state index contributed by atoms with van der Waals surface area (Å²) in [6.45, 7) is 2.47. The number of fused-ring (bicyclic) bond motifs is 2. The fraction of sp³-hybridized carbons (Fsp3) is 0.182. The molecule has 5 rings (SSSR count). The fourth-order valence-electron chi connectivity index (χ4n) is 4.15. The summed E-state index contributed by atoms with van der Waals surface area (Å²) in [7, 11) is 0. The number of para-hydroxylation sites is 1. The maximum atomic E-state index is 13.4. The van der Waals surface area contributed by atoms with Gasteiger partial charge in [0.15, 0.2) is 5.69 Å². The lowest BCUT2D eigenvalue weighted by Crippen LogP contribution is -2.31. The number of aryl methyl sites for hydroxylation is 1. The number of rotatable bonds is 4. The lowest BCUT2D eigenvalue weighted by molar-refractivity contribution is 0.0745. The number of carbonyl (C=O) groups is 1. The fourth-order valence-corrected chi connectivity index (χ4v) is 4.15. The first kappa shape index (κ1) is 16.7. The Balaban J connectivity index is 1.50. The molecule has 2 aromatic carbocycles. The number of aromatic nitrogens is 3. The Morgan fingerprint density at radius 3 is 2.75 bits per heavy atom. The topological polar surface area (TPSA) is 64.8 Å². The van der Waals surface area contributed by atoms with Crippen LogP contribution in [-0.4, -0.2) is 32.5 Å². The molecule has 1 atom stereocenters. The summed E-state index contributed by atoms with van der Waals surface area (Å²) < 4.78 is 13.4. The van der Waals surface area contributed by atoms with Gasteiger partial charge in [0.25, 0.3) is 5.91 Å². The Morgan fingerprint density at radius 2 is 1.93 bits per heavy atom. The van der Waals surface area contributed by atoms with Crippen LogP contribution >= 0.6 is 0 Å². The molecule has 0 fully saturated rings. The average molecular weight is 374 g/mol. The lowest BCUT2D eigenvalue weighted by atomic mass is 9.99. The number of H-pyrrole nitrogens is 2. The van der Waals surface area contributed by atoms with Crippen LogP contribution in [0, 0.1) is 12.7 Å². The molecule has 5 nitrogen and oxygen atoms in total. The van der Waals surface area contributed by atoms with Crippen molar-refractivity contribution in [2.24, 2.45) is 0 Å². The molecule has 6 heteroatoms. The third kappa shape index (κ3) is 2.52. The van der Waals surface area contributed by atoms with Crippen molar-refractivity contribution in [1.82, 2.24) is 20.1 Å². The van der Waals surface area contributed by atoms with E-state index in [-0.39, 0.29) is 17.8 Å². The van der Waals surface area contributed by atoms with E-state index in [0.717, 1.165) is 28.8 Å². The molecule has 1 amide bonds. The number of amides is 1. The van der Waals surface area contributed by atoms with Crippen molar-refractivity contribution in [2.45, 2.75) is 19.4 Å². The molecular weight excluding hydrogens is 355 g/mol. The van der Waals surface area contributed by atoms with Crippen molar-refractivity contribution in [3.8, 4) is 0 Å². The second kappa shape index (κ2) is 6.34. The summed E-state index contributed by atoms with van der Waals surface area (Å²) in [4.78, 5) is 18.2. The zero-order chi connectivity index (χ0) is 19.3. The van der Waals surface area contributed by atoms with Gasteiger partial charge in [-0.1, -0.05) is 30.3 Å². The Hall–Kier alpha value is -3.41. The molecule has 1 aliphatic heterocycles. The van der Waals surface area contributed by atoms with Gasteiger partial charge in [-0.05, 0) is 42.7 Å². The Bertz CT molecular complexity index is 1170. The molecule has 0 aliphatic carbocycles. The van der Waals surface area contributed by atoms with E-state index < -0.39 is 0 Å². The molecule has 140 valence electrons. The van der Waals surface area contributed by atoms with Crippen molar-refractivity contribution in [1.29, 1.82) is 0 Å². The van der Waals surface area contributed by atoms with Crippen molar-refractivity contribution in [3.63, 3.8) is 0 Å². The van der Waals surface area contributed by atoms with Crippen LogP contribution < -0.4 is 0 Å². The van der Waals surface area contributed by atoms with Gasteiger partial charge in [-0.2, -0.15) is 5.10 Å². The first-order valence-electron chi connectivity index (χ1n) is 9.30. The first-order valence-corrected chi connectivity index (χ1v) is 9.30. The van der Waals surface area contributed by atoms with Crippen LogP contribution in [0.25, 0.3) is 10.9 Å². The van der Waals surface area contributed by atoms with E-state index in [0.29, 0.717) is 12.2 Å². The molecule has 2 N–H and O–H groups in total. The van der Waals surface area contributed by atoms with Crippen LogP contribution in [0.1, 0.15) is 38.9 Å². The van der Waals surface area contributed by atoms with Gasteiger partial charge in [0.2, 0.25) is 0 Å². The summed E-state index contributed by atoms with van der Waals surface area (Å²) in [6.07, 6.45) is 2.73. The summed E-state index contributed by atoms with van der Waals surface area (Å²) >= 11 is 0. The minimum atomic E-state index is -0.289. The normalized spacial score (nSPS) is 16.1. The van der Waals surface area contributed by atoms with Crippen LogP contribution in [0.4, 0.5) is 4.39 Å². The van der Waals surface area contributed by atoms with Crippen molar-refractivity contribution < 1.29 is 9.18 Å². The number of aromatic amines is 2. The molecule has 28 heavy (non-hydrogen) atoms. The minimum Gasteiger partial charge on any atom is -0.361 e. The Morgan fingerprint density at radius 1 is 1.14 bits per heavy atom. The largest absolute Gasteiger partial charge is 0.361 e. The van der Waals surface area contributed by atoms with Crippen LogP contribution in [0.15, 0.2) is 54.7 Å². The van der Waals surface area contributed by atoms with Gasteiger partial charge in [0.05, 0.1) is 6.04 Å². The van der Waals surface area contributed by atoms with E-state index in [4.69, 9.17) is 0 Å². The van der Waals surface area contributed by atoms with Gasteiger partial charge in [0, 0.05) is 34.9 Å². The second-order valence-corrected chi connectivity index (χ2v) is 7.17. The number of nitrogens with one attached hydrogen (secondary N) is 2. The van der Waals surface area contributed by atoms with E-state index in [2.05, 4.69) is 21.2 Å². The molecule has 0 spiro atoms. The molecule has 3 heterocycles. The summed E-state index contributed by atoms with van der Waals surface area (Å²) in [5.41, 5.74) is 5.36. The molecule has 4 aromatic rings. The average Bonchev–Trinajstić information content (AvgIpc) is 3.36. The predicted molar refractivity (Wildman–Crippen MR) is 105 cm³/mol. The molecule has 0 saturated carbocycles. The number of hydrogen-bond acceptors (Lipinski definition) is 2. The zero-order valence-electron chi connectivity index (χ0n) is 15.4.